The van der Waals surface area contributed by atoms with Crippen LogP contribution in [0.15, 0.2) is 48.5 Å². The molecule has 1 aliphatic rings. The molecule has 0 aliphatic carbocycles. The number of carbonyl (C=O) groups excluding carboxylic acids is 1. The van der Waals surface area contributed by atoms with E-state index in [1.807, 2.05) is 30.3 Å². The first-order valence-corrected chi connectivity index (χ1v) is 10.3. The van der Waals surface area contributed by atoms with Gasteiger partial charge in [-0.3, -0.25) is 9.69 Å². The lowest BCUT2D eigenvalue weighted by Crippen LogP contribution is -2.40. The van der Waals surface area contributed by atoms with Crippen LogP contribution in [0.3, 0.4) is 0 Å². The summed E-state index contributed by atoms with van der Waals surface area (Å²) in [7, 11) is 1.64. The number of aromatic nitrogens is 2. The maximum atomic E-state index is 12.8. The summed E-state index contributed by atoms with van der Waals surface area (Å²) < 4.78 is 7.45. The molecule has 29 heavy (non-hydrogen) atoms. The third kappa shape index (κ3) is 4.27. The highest BCUT2D eigenvalue weighted by atomic mass is 16.5. The van der Waals surface area contributed by atoms with Crippen molar-refractivity contribution in [3.8, 4) is 5.75 Å². The van der Waals surface area contributed by atoms with Gasteiger partial charge in [0.05, 0.1) is 30.6 Å². The van der Waals surface area contributed by atoms with E-state index in [1.54, 1.807) is 7.11 Å². The fourth-order valence-corrected chi connectivity index (χ4v) is 4.13. The lowest BCUT2D eigenvalue weighted by molar-refractivity contribution is -0.121. The van der Waals surface area contributed by atoms with E-state index in [2.05, 4.69) is 39.9 Å². The third-order valence-electron chi connectivity index (χ3n) is 5.65. The number of imidazole rings is 1. The molecule has 0 radical (unpaired) electrons. The summed E-state index contributed by atoms with van der Waals surface area (Å²) >= 11 is 0. The molecule has 1 atom stereocenters. The number of methoxy groups -OCH3 is 1. The number of piperidine rings is 1. The number of aryl methyl sites for hydroxylation is 1. The van der Waals surface area contributed by atoms with Crippen molar-refractivity contribution in [2.24, 2.45) is 5.92 Å². The van der Waals surface area contributed by atoms with Crippen molar-refractivity contribution in [3.05, 3.63) is 54.4 Å². The number of amides is 1. The summed E-state index contributed by atoms with van der Waals surface area (Å²) in [5, 5.41) is 3.05. The molecule has 2 heterocycles. The van der Waals surface area contributed by atoms with E-state index in [0.717, 1.165) is 61.8 Å². The van der Waals surface area contributed by atoms with Gasteiger partial charge < -0.3 is 14.6 Å². The van der Waals surface area contributed by atoms with Crippen molar-refractivity contribution >= 4 is 22.6 Å². The molecule has 1 aromatic heterocycles. The van der Waals surface area contributed by atoms with Crippen LogP contribution in [0.2, 0.25) is 0 Å². The van der Waals surface area contributed by atoms with Gasteiger partial charge in [-0.2, -0.15) is 0 Å². The second kappa shape index (κ2) is 8.66. The molecule has 6 nitrogen and oxygen atoms in total. The van der Waals surface area contributed by atoms with Gasteiger partial charge in [-0.25, -0.2) is 4.98 Å². The summed E-state index contributed by atoms with van der Waals surface area (Å²) in [5.41, 5.74) is 3.02. The highest BCUT2D eigenvalue weighted by Gasteiger charge is 2.27. The molecular formula is C23H28N4O2. The van der Waals surface area contributed by atoms with E-state index in [1.165, 1.54) is 5.52 Å². The van der Waals surface area contributed by atoms with E-state index >= 15 is 0 Å². The SMILES string of the molecule is CCn1c(CN2CCC[C@H](C(=O)Nc3ccc(OC)cc3)C2)nc2ccccc21. The number of carbonyl (C=O) groups is 1. The number of anilines is 1. The predicted octanol–water partition coefficient (Wildman–Crippen LogP) is 3.92. The molecule has 0 unspecified atom stereocenters. The number of hydrogen-bond donors (Lipinski definition) is 1. The maximum Gasteiger partial charge on any atom is 0.228 e. The van der Waals surface area contributed by atoms with Crippen LogP contribution in [0.25, 0.3) is 11.0 Å². The van der Waals surface area contributed by atoms with Crippen LogP contribution in [-0.2, 0) is 17.9 Å². The number of nitrogens with one attached hydrogen (secondary N) is 1. The summed E-state index contributed by atoms with van der Waals surface area (Å²) in [6.07, 6.45) is 1.94. The molecule has 152 valence electrons. The number of benzene rings is 2. The van der Waals surface area contributed by atoms with Gasteiger partial charge in [-0.05, 0) is 62.7 Å². The van der Waals surface area contributed by atoms with Crippen LogP contribution in [0.4, 0.5) is 5.69 Å². The first-order valence-electron chi connectivity index (χ1n) is 10.3. The van der Waals surface area contributed by atoms with Crippen molar-refractivity contribution in [2.45, 2.75) is 32.9 Å². The molecule has 0 saturated carbocycles. The van der Waals surface area contributed by atoms with E-state index in [4.69, 9.17) is 9.72 Å². The number of ether oxygens (including phenoxy) is 1. The van der Waals surface area contributed by atoms with Gasteiger partial charge in [0, 0.05) is 18.8 Å². The Hall–Kier alpha value is -2.86. The number of rotatable bonds is 6. The summed E-state index contributed by atoms with van der Waals surface area (Å²) in [5.74, 6) is 1.93. The smallest absolute Gasteiger partial charge is 0.228 e. The van der Waals surface area contributed by atoms with Crippen LogP contribution in [0.5, 0.6) is 5.75 Å². The van der Waals surface area contributed by atoms with Gasteiger partial charge in [-0.15, -0.1) is 0 Å². The first kappa shape index (κ1) is 19.5. The van der Waals surface area contributed by atoms with Crippen LogP contribution < -0.4 is 10.1 Å². The topological polar surface area (TPSA) is 59.4 Å². The number of para-hydroxylation sites is 2. The Morgan fingerprint density at radius 1 is 1.21 bits per heavy atom. The highest BCUT2D eigenvalue weighted by Crippen LogP contribution is 2.23. The Morgan fingerprint density at radius 3 is 2.76 bits per heavy atom. The molecule has 0 spiro atoms. The second-order valence-corrected chi connectivity index (χ2v) is 7.55. The van der Waals surface area contributed by atoms with Gasteiger partial charge in [-0.1, -0.05) is 12.1 Å². The van der Waals surface area contributed by atoms with Gasteiger partial charge in [0.15, 0.2) is 0 Å². The number of fused-ring (bicyclic) bond motifs is 1. The third-order valence-corrected chi connectivity index (χ3v) is 5.65. The van der Waals surface area contributed by atoms with Gasteiger partial charge in [0.2, 0.25) is 5.91 Å². The van der Waals surface area contributed by atoms with Crippen molar-refractivity contribution in [1.29, 1.82) is 0 Å². The van der Waals surface area contributed by atoms with Gasteiger partial charge >= 0.3 is 0 Å². The standard InChI is InChI=1S/C23H28N4O2/c1-3-27-21-9-5-4-8-20(21)25-22(27)16-26-14-6-7-17(15-26)23(28)24-18-10-12-19(29-2)13-11-18/h4-5,8-13,17H,3,6-7,14-16H2,1-2H3,(H,24,28)/t17-/m0/s1. The molecule has 1 saturated heterocycles. The van der Waals surface area contributed by atoms with Crippen molar-refractivity contribution in [3.63, 3.8) is 0 Å². The molecule has 1 amide bonds. The zero-order chi connectivity index (χ0) is 20.2. The molecule has 2 aromatic carbocycles. The number of hydrogen-bond acceptors (Lipinski definition) is 4. The Bertz CT molecular complexity index is 980. The van der Waals surface area contributed by atoms with Crippen LogP contribution in [0.1, 0.15) is 25.6 Å². The van der Waals surface area contributed by atoms with Crippen molar-refractivity contribution < 1.29 is 9.53 Å². The minimum atomic E-state index is -0.00898. The number of nitrogens with zero attached hydrogens (tertiary/aromatic N) is 3. The lowest BCUT2D eigenvalue weighted by atomic mass is 9.97. The fraction of sp³-hybridized carbons (Fsp3) is 0.391. The lowest BCUT2D eigenvalue weighted by Gasteiger charge is -2.31. The largest absolute Gasteiger partial charge is 0.497 e. The zero-order valence-corrected chi connectivity index (χ0v) is 17.1. The Kier molecular flexibility index (Phi) is 5.81. The molecule has 1 fully saturated rings. The zero-order valence-electron chi connectivity index (χ0n) is 17.1. The van der Waals surface area contributed by atoms with Gasteiger partial charge in [0.1, 0.15) is 11.6 Å². The monoisotopic (exact) mass is 392 g/mol. The first-order chi connectivity index (χ1) is 14.2. The minimum absolute atomic E-state index is 0.00898. The average Bonchev–Trinajstić information content (AvgIpc) is 3.11. The van der Waals surface area contributed by atoms with Crippen molar-refractivity contribution in [1.82, 2.24) is 14.5 Å². The van der Waals surface area contributed by atoms with Crippen molar-refractivity contribution in [2.75, 3.05) is 25.5 Å². The average molecular weight is 393 g/mol. The molecule has 6 heteroatoms. The predicted molar refractivity (Wildman–Crippen MR) is 115 cm³/mol. The van der Waals surface area contributed by atoms with E-state index < -0.39 is 0 Å². The Balaban J connectivity index is 1.42. The van der Waals surface area contributed by atoms with Gasteiger partial charge in [0.25, 0.3) is 0 Å². The number of likely N-dealkylation sites (tertiary alicyclic amines) is 1. The van der Waals surface area contributed by atoms with E-state index in [-0.39, 0.29) is 11.8 Å². The maximum absolute atomic E-state index is 12.8. The van der Waals surface area contributed by atoms with Crippen LogP contribution in [-0.4, -0.2) is 40.6 Å². The highest BCUT2D eigenvalue weighted by molar-refractivity contribution is 5.92. The second-order valence-electron chi connectivity index (χ2n) is 7.55. The summed E-state index contributed by atoms with van der Waals surface area (Å²) in [4.78, 5) is 20.0. The Morgan fingerprint density at radius 2 is 2.00 bits per heavy atom. The molecule has 4 rings (SSSR count). The molecule has 0 bridgehead atoms. The van der Waals surface area contributed by atoms with Crippen LogP contribution in [0, 0.1) is 5.92 Å². The normalized spacial score (nSPS) is 17.4. The molecule has 1 N–H and O–H groups in total. The fourth-order valence-electron chi connectivity index (χ4n) is 4.13. The van der Waals surface area contributed by atoms with E-state index in [0.29, 0.717) is 0 Å². The molecular weight excluding hydrogens is 364 g/mol. The quantitative estimate of drug-likeness (QED) is 0.691. The molecule has 3 aromatic rings. The Labute approximate surface area is 171 Å². The summed E-state index contributed by atoms with van der Waals surface area (Å²) in [6.45, 7) is 5.58. The molecule has 1 aliphatic heterocycles. The van der Waals surface area contributed by atoms with E-state index in [9.17, 15) is 4.79 Å². The van der Waals surface area contributed by atoms with Crippen LogP contribution >= 0.6 is 0 Å². The summed E-state index contributed by atoms with van der Waals surface area (Å²) in [6, 6.07) is 15.7. The minimum Gasteiger partial charge on any atom is -0.497 e.